The van der Waals surface area contributed by atoms with E-state index < -0.39 is 25.6 Å². The minimum atomic E-state index is -4.28. The molecule has 118 valence electrons. The zero-order chi connectivity index (χ0) is 16.7. The van der Waals surface area contributed by atoms with E-state index in [0.29, 0.717) is 21.5 Å². The third-order valence-corrected chi connectivity index (χ3v) is 4.16. The minimum Gasteiger partial charge on any atom is -0.370 e. The van der Waals surface area contributed by atoms with Gasteiger partial charge < -0.3 is 20.1 Å². The van der Waals surface area contributed by atoms with Crippen LogP contribution < -0.4 is 11.1 Å². The predicted molar refractivity (Wildman–Crippen MR) is 83.1 cm³/mol. The number of nitrogens with one attached hydrogen (secondary N) is 2. The molecule has 0 atom stereocenters. The van der Waals surface area contributed by atoms with Crippen LogP contribution in [0.15, 0.2) is 18.2 Å². The summed E-state index contributed by atoms with van der Waals surface area (Å²) in [7, 11) is -2.71. The van der Waals surface area contributed by atoms with Gasteiger partial charge in [-0.2, -0.15) is 0 Å². The summed E-state index contributed by atoms with van der Waals surface area (Å²) in [6, 6.07) is 4.51. The summed E-state index contributed by atoms with van der Waals surface area (Å²) in [4.78, 5) is 30.3. The van der Waals surface area contributed by atoms with Gasteiger partial charge in [0, 0.05) is 17.5 Å². The van der Waals surface area contributed by atoms with Crippen molar-refractivity contribution in [2.24, 2.45) is 12.8 Å². The van der Waals surface area contributed by atoms with Gasteiger partial charge in [0.15, 0.2) is 5.96 Å². The molecular formula is C12H14ClN4O4P. The van der Waals surface area contributed by atoms with E-state index in [-0.39, 0.29) is 5.69 Å². The Morgan fingerprint density at radius 1 is 1.50 bits per heavy atom. The average molecular weight is 345 g/mol. The van der Waals surface area contributed by atoms with E-state index in [4.69, 9.17) is 22.7 Å². The number of nitrogens with zero attached hydrogens (tertiary/aromatic N) is 1. The van der Waals surface area contributed by atoms with Crippen molar-refractivity contribution in [3.05, 3.63) is 34.5 Å². The number of aromatic nitrogens is 1. The van der Waals surface area contributed by atoms with Crippen molar-refractivity contribution in [1.29, 1.82) is 5.41 Å². The molecule has 1 aromatic heterocycles. The second-order valence-electron chi connectivity index (χ2n) is 4.75. The Balaban J connectivity index is 2.65. The first kappa shape index (κ1) is 16.5. The van der Waals surface area contributed by atoms with Crippen LogP contribution in [0.2, 0.25) is 5.02 Å². The lowest BCUT2D eigenvalue weighted by Gasteiger charge is -2.10. The van der Waals surface area contributed by atoms with Gasteiger partial charge in [-0.15, -0.1) is 0 Å². The normalized spacial score (nSPS) is 11.6. The molecule has 0 bridgehead atoms. The van der Waals surface area contributed by atoms with Crippen molar-refractivity contribution < 1.29 is 19.1 Å². The van der Waals surface area contributed by atoms with Crippen LogP contribution in [-0.4, -0.2) is 26.2 Å². The number of hydrogen-bond donors (Lipinski definition) is 5. The Morgan fingerprint density at radius 2 is 2.14 bits per heavy atom. The zero-order valence-electron chi connectivity index (χ0n) is 11.5. The maximum absolute atomic E-state index is 12.0. The summed E-state index contributed by atoms with van der Waals surface area (Å²) in [5, 5.41) is 10.1. The largest absolute Gasteiger partial charge is 0.370 e. The lowest BCUT2D eigenvalue weighted by atomic mass is 10.1. The van der Waals surface area contributed by atoms with Crippen molar-refractivity contribution in [3.8, 4) is 0 Å². The zero-order valence-corrected chi connectivity index (χ0v) is 13.2. The maximum atomic E-state index is 12.0. The smallest absolute Gasteiger partial charge is 0.329 e. The van der Waals surface area contributed by atoms with Crippen molar-refractivity contribution in [3.63, 3.8) is 0 Å². The highest BCUT2D eigenvalue weighted by atomic mass is 35.5. The summed E-state index contributed by atoms with van der Waals surface area (Å²) in [5.74, 6) is -1.11. The van der Waals surface area contributed by atoms with E-state index in [1.807, 2.05) is 0 Å². The molecule has 1 aromatic carbocycles. The van der Waals surface area contributed by atoms with Crippen LogP contribution in [0.1, 0.15) is 16.1 Å². The van der Waals surface area contributed by atoms with Gasteiger partial charge in [-0.1, -0.05) is 17.7 Å². The molecule has 22 heavy (non-hydrogen) atoms. The van der Waals surface area contributed by atoms with Gasteiger partial charge in [-0.3, -0.25) is 20.1 Å². The standard InChI is InChI=1S/C12H14ClN4O4P/c1-17-9(11(18)16-12(14)15)4-7-8(13)3-2-6(10(7)17)5-22(19,20)21/h2-4H,5H2,1H3,(H2,19,20,21)(H4,14,15,16,18). The summed E-state index contributed by atoms with van der Waals surface area (Å²) in [6.45, 7) is 0. The van der Waals surface area contributed by atoms with E-state index in [1.165, 1.54) is 22.8 Å². The van der Waals surface area contributed by atoms with E-state index >= 15 is 0 Å². The first-order chi connectivity index (χ1) is 10.1. The second kappa shape index (κ2) is 5.73. The summed E-state index contributed by atoms with van der Waals surface area (Å²) in [6.07, 6.45) is -0.466. The number of fused-ring (bicyclic) bond motifs is 1. The highest BCUT2D eigenvalue weighted by Crippen LogP contribution is 2.42. The molecule has 0 spiro atoms. The van der Waals surface area contributed by atoms with Crippen molar-refractivity contribution in [1.82, 2.24) is 9.88 Å². The number of aryl methyl sites for hydroxylation is 1. The maximum Gasteiger partial charge on any atom is 0.329 e. The number of benzene rings is 1. The van der Waals surface area contributed by atoms with E-state index in [9.17, 15) is 19.1 Å². The van der Waals surface area contributed by atoms with E-state index in [1.54, 1.807) is 7.05 Å². The number of hydrogen-bond acceptors (Lipinski definition) is 3. The molecule has 1 heterocycles. The quantitative estimate of drug-likeness (QED) is 0.322. The van der Waals surface area contributed by atoms with Crippen LogP contribution in [0.3, 0.4) is 0 Å². The molecule has 2 rings (SSSR count). The highest BCUT2D eigenvalue weighted by molar-refractivity contribution is 7.50. The van der Waals surface area contributed by atoms with Gasteiger partial charge in [0.05, 0.1) is 11.7 Å². The monoisotopic (exact) mass is 344 g/mol. The van der Waals surface area contributed by atoms with Crippen LogP contribution in [-0.2, 0) is 17.8 Å². The second-order valence-corrected chi connectivity index (χ2v) is 6.80. The molecule has 0 aliphatic rings. The molecule has 6 N–H and O–H groups in total. The molecule has 2 aromatic rings. The van der Waals surface area contributed by atoms with Crippen molar-refractivity contribution in [2.45, 2.75) is 6.16 Å². The number of amides is 1. The average Bonchev–Trinajstić information content (AvgIpc) is 2.70. The minimum absolute atomic E-state index is 0.172. The molecule has 8 nitrogen and oxygen atoms in total. The number of carbonyl (C=O) groups excluding carboxylic acids is 1. The van der Waals surface area contributed by atoms with E-state index in [0.717, 1.165) is 0 Å². The summed E-state index contributed by atoms with van der Waals surface area (Å²) >= 11 is 6.09. The Morgan fingerprint density at radius 3 is 2.68 bits per heavy atom. The molecule has 0 aliphatic carbocycles. The molecule has 0 radical (unpaired) electrons. The molecule has 1 amide bonds. The third-order valence-electron chi connectivity index (χ3n) is 3.08. The Kier molecular flexibility index (Phi) is 4.30. The first-order valence-corrected chi connectivity index (χ1v) is 8.24. The number of halogens is 1. The lowest BCUT2D eigenvalue weighted by molar-refractivity contribution is 0.0969. The van der Waals surface area contributed by atoms with E-state index in [2.05, 4.69) is 5.32 Å². The van der Waals surface area contributed by atoms with Gasteiger partial charge >= 0.3 is 7.60 Å². The number of rotatable bonds is 3. The predicted octanol–water partition coefficient (Wildman–Crippen LogP) is 1.13. The molecular weight excluding hydrogens is 331 g/mol. The molecule has 10 heteroatoms. The first-order valence-electron chi connectivity index (χ1n) is 6.07. The fraction of sp³-hybridized carbons (Fsp3) is 0.167. The molecule has 0 unspecified atom stereocenters. The van der Waals surface area contributed by atoms with Gasteiger partial charge in [-0.25, -0.2) is 0 Å². The third kappa shape index (κ3) is 3.31. The summed E-state index contributed by atoms with van der Waals surface area (Å²) < 4.78 is 12.7. The lowest BCUT2D eigenvalue weighted by Crippen LogP contribution is -2.36. The molecule has 0 fully saturated rings. The van der Waals surface area contributed by atoms with Gasteiger partial charge in [-0.05, 0) is 17.7 Å². The van der Waals surface area contributed by atoms with Crippen molar-refractivity contribution >= 4 is 42.0 Å². The van der Waals surface area contributed by atoms with Crippen LogP contribution in [0.4, 0.5) is 0 Å². The van der Waals surface area contributed by atoms with Crippen LogP contribution in [0, 0.1) is 5.41 Å². The van der Waals surface area contributed by atoms with Gasteiger partial charge in [0.25, 0.3) is 5.91 Å². The van der Waals surface area contributed by atoms with Gasteiger partial charge in [0.2, 0.25) is 0 Å². The fourth-order valence-corrected chi connectivity index (χ4v) is 3.18. The highest BCUT2D eigenvalue weighted by Gasteiger charge is 2.22. The SMILES string of the molecule is Cn1c(C(=O)NC(=N)N)cc2c(Cl)ccc(CP(=O)(O)O)c21. The number of carbonyl (C=O) groups is 1. The van der Waals surface area contributed by atoms with Crippen LogP contribution >= 0.6 is 19.2 Å². The Bertz CT molecular complexity index is 826. The molecule has 0 aliphatic heterocycles. The Labute approximate surface area is 130 Å². The summed E-state index contributed by atoms with van der Waals surface area (Å²) in [5.41, 5.74) is 6.12. The topological polar surface area (TPSA) is 141 Å². The van der Waals surface area contributed by atoms with Crippen LogP contribution in [0.25, 0.3) is 10.9 Å². The number of guanidine groups is 1. The fourth-order valence-electron chi connectivity index (χ4n) is 2.27. The van der Waals surface area contributed by atoms with Crippen LogP contribution in [0.5, 0.6) is 0 Å². The molecule has 0 saturated carbocycles. The van der Waals surface area contributed by atoms with Crippen molar-refractivity contribution in [2.75, 3.05) is 0 Å². The Hall–Kier alpha value is -1.86. The molecule has 0 saturated heterocycles. The van der Waals surface area contributed by atoms with Gasteiger partial charge in [0.1, 0.15) is 5.69 Å². The number of nitrogens with two attached hydrogens (primary N) is 1.